The summed E-state index contributed by atoms with van der Waals surface area (Å²) in [7, 11) is 3.54. The number of methoxy groups -OCH3 is 1. The molecule has 7 nitrogen and oxygen atoms in total. The molecule has 2 rings (SSSR count). The van der Waals surface area contributed by atoms with Gasteiger partial charge in [0, 0.05) is 33.1 Å². The lowest BCUT2D eigenvalue weighted by Crippen LogP contribution is -2.18. The number of hydrogen-bond acceptors (Lipinski definition) is 6. The quantitative estimate of drug-likeness (QED) is 0.723. The Labute approximate surface area is 98.8 Å². The highest BCUT2D eigenvalue weighted by Crippen LogP contribution is 2.11. The summed E-state index contributed by atoms with van der Waals surface area (Å²) in [6.45, 7) is 1.93. The summed E-state index contributed by atoms with van der Waals surface area (Å²) in [5.41, 5.74) is 0. The highest BCUT2D eigenvalue weighted by atomic mass is 16.5. The van der Waals surface area contributed by atoms with Gasteiger partial charge in [-0.3, -0.25) is 0 Å². The van der Waals surface area contributed by atoms with E-state index < -0.39 is 0 Å². The van der Waals surface area contributed by atoms with Gasteiger partial charge < -0.3 is 19.1 Å². The summed E-state index contributed by atoms with van der Waals surface area (Å²) in [5.74, 6) is 1.73. The predicted molar refractivity (Wildman–Crippen MR) is 60.1 cm³/mol. The van der Waals surface area contributed by atoms with E-state index in [2.05, 4.69) is 20.4 Å². The van der Waals surface area contributed by atoms with Crippen LogP contribution in [-0.2, 0) is 18.3 Å². The first-order valence-corrected chi connectivity index (χ1v) is 5.31. The Morgan fingerprint density at radius 1 is 1.53 bits per heavy atom. The molecule has 0 aliphatic carbocycles. The van der Waals surface area contributed by atoms with Gasteiger partial charge >= 0.3 is 0 Å². The number of imidazole rings is 1. The van der Waals surface area contributed by atoms with Crippen molar-refractivity contribution in [1.29, 1.82) is 0 Å². The van der Waals surface area contributed by atoms with Crippen molar-refractivity contribution in [2.24, 2.45) is 7.05 Å². The lowest BCUT2D eigenvalue weighted by molar-refractivity contribution is 0.197. The van der Waals surface area contributed by atoms with E-state index in [4.69, 9.17) is 9.26 Å². The first kappa shape index (κ1) is 11.7. The van der Waals surface area contributed by atoms with Crippen LogP contribution in [0.3, 0.4) is 0 Å². The van der Waals surface area contributed by atoms with Crippen LogP contribution >= 0.6 is 0 Å². The third-order valence-corrected chi connectivity index (χ3v) is 2.25. The minimum Gasteiger partial charge on any atom is -0.383 e. The van der Waals surface area contributed by atoms with Crippen LogP contribution in [-0.4, -0.2) is 40.0 Å². The molecule has 0 spiro atoms. The highest BCUT2D eigenvalue weighted by molar-refractivity contribution is 5.42. The topological polar surface area (TPSA) is 78.0 Å². The normalized spacial score (nSPS) is 10.9. The maximum atomic E-state index is 5.11. The van der Waals surface area contributed by atoms with Gasteiger partial charge in [-0.25, -0.2) is 4.98 Å². The van der Waals surface area contributed by atoms with Crippen molar-refractivity contribution in [2.45, 2.75) is 6.54 Å². The average molecular weight is 237 g/mol. The monoisotopic (exact) mass is 237 g/mol. The van der Waals surface area contributed by atoms with Crippen molar-refractivity contribution in [3.8, 4) is 11.6 Å². The Morgan fingerprint density at radius 3 is 3.12 bits per heavy atom. The molecule has 0 bridgehead atoms. The van der Waals surface area contributed by atoms with E-state index in [9.17, 15) is 0 Å². The van der Waals surface area contributed by atoms with Gasteiger partial charge in [0.25, 0.3) is 0 Å². The third-order valence-electron chi connectivity index (χ3n) is 2.25. The smallest absolute Gasteiger partial charge is 0.241 e. The Bertz CT molecular complexity index is 465. The van der Waals surface area contributed by atoms with Crippen LogP contribution in [0.5, 0.6) is 0 Å². The zero-order chi connectivity index (χ0) is 12.1. The molecule has 0 fully saturated rings. The molecule has 1 N–H and O–H groups in total. The Morgan fingerprint density at radius 2 is 2.41 bits per heavy atom. The van der Waals surface area contributed by atoms with E-state index in [1.807, 2.05) is 17.8 Å². The van der Waals surface area contributed by atoms with Gasteiger partial charge in [-0.2, -0.15) is 4.98 Å². The fraction of sp³-hybridized carbons (Fsp3) is 0.500. The lowest BCUT2D eigenvalue weighted by Gasteiger charge is -1.98. The van der Waals surface area contributed by atoms with Crippen molar-refractivity contribution in [1.82, 2.24) is 25.0 Å². The summed E-state index contributed by atoms with van der Waals surface area (Å²) in [5, 5.41) is 7.01. The van der Waals surface area contributed by atoms with E-state index in [-0.39, 0.29) is 0 Å². The van der Waals surface area contributed by atoms with E-state index in [0.29, 0.717) is 30.7 Å². The number of ether oxygens (including phenoxy) is 1. The lowest BCUT2D eigenvalue weighted by atomic mass is 10.5. The summed E-state index contributed by atoms with van der Waals surface area (Å²) in [6, 6.07) is 0. The molecule has 0 aliphatic heterocycles. The second-order valence-corrected chi connectivity index (χ2v) is 3.54. The molecular weight excluding hydrogens is 222 g/mol. The third kappa shape index (κ3) is 2.89. The maximum Gasteiger partial charge on any atom is 0.241 e. The fourth-order valence-corrected chi connectivity index (χ4v) is 1.37. The minimum atomic E-state index is 0.501. The van der Waals surface area contributed by atoms with E-state index in [1.54, 1.807) is 13.3 Å². The van der Waals surface area contributed by atoms with Crippen molar-refractivity contribution in [2.75, 3.05) is 20.3 Å². The largest absolute Gasteiger partial charge is 0.383 e. The molecule has 0 amide bonds. The first-order chi connectivity index (χ1) is 8.31. The minimum absolute atomic E-state index is 0.501. The van der Waals surface area contributed by atoms with Crippen LogP contribution in [0.25, 0.3) is 11.6 Å². The molecule has 2 aromatic rings. The maximum absolute atomic E-state index is 5.11. The van der Waals surface area contributed by atoms with Crippen LogP contribution in [0.4, 0.5) is 0 Å². The Hall–Kier alpha value is -1.73. The van der Waals surface area contributed by atoms with E-state index in [1.165, 1.54) is 0 Å². The molecule has 0 unspecified atom stereocenters. The summed E-state index contributed by atoms with van der Waals surface area (Å²) in [6.07, 6.45) is 3.53. The standard InChI is InChI=1S/C10H15N5O2/c1-15-5-3-12-10(15)9-13-8(17-14-9)7-11-4-6-16-2/h3,5,11H,4,6-7H2,1-2H3. The molecule has 2 aromatic heterocycles. The van der Waals surface area contributed by atoms with Gasteiger partial charge in [-0.05, 0) is 0 Å². The van der Waals surface area contributed by atoms with Crippen LogP contribution in [0.1, 0.15) is 5.89 Å². The highest BCUT2D eigenvalue weighted by Gasteiger charge is 2.11. The van der Waals surface area contributed by atoms with Gasteiger partial charge in [-0.15, -0.1) is 0 Å². The van der Waals surface area contributed by atoms with Gasteiger partial charge in [0.05, 0.1) is 13.2 Å². The average Bonchev–Trinajstić information content (AvgIpc) is 2.93. The summed E-state index contributed by atoms with van der Waals surface area (Å²) >= 11 is 0. The molecular formula is C10H15N5O2. The van der Waals surface area contributed by atoms with Gasteiger partial charge in [0.2, 0.25) is 11.7 Å². The van der Waals surface area contributed by atoms with Gasteiger partial charge in [0.1, 0.15) is 0 Å². The number of aryl methyl sites for hydroxylation is 1. The number of nitrogens with zero attached hydrogens (tertiary/aromatic N) is 4. The van der Waals surface area contributed by atoms with Gasteiger partial charge in [-0.1, -0.05) is 5.16 Å². The van der Waals surface area contributed by atoms with Crippen LogP contribution in [0.15, 0.2) is 16.9 Å². The Balaban J connectivity index is 1.95. The molecule has 0 aromatic carbocycles. The zero-order valence-corrected chi connectivity index (χ0v) is 9.88. The molecule has 0 atom stereocenters. The van der Waals surface area contributed by atoms with Crippen molar-refractivity contribution in [3.05, 3.63) is 18.3 Å². The SMILES string of the molecule is COCCNCc1nc(-c2nccn2C)no1. The van der Waals surface area contributed by atoms with E-state index >= 15 is 0 Å². The van der Waals surface area contributed by atoms with Crippen molar-refractivity contribution in [3.63, 3.8) is 0 Å². The number of rotatable bonds is 6. The van der Waals surface area contributed by atoms with Crippen molar-refractivity contribution >= 4 is 0 Å². The van der Waals surface area contributed by atoms with Crippen LogP contribution < -0.4 is 5.32 Å². The zero-order valence-electron chi connectivity index (χ0n) is 9.88. The Kier molecular flexibility index (Phi) is 3.84. The molecule has 0 saturated carbocycles. The van der Waals surface area contributed by atoms with Gasteiger partial charge in [0.15, 0.2) is 5.82 Å². The fourth-order valence-electron chi connectivity index (χ4n) is 1.37. The molecule has 0 aliphatic rings. The van der Waals surface area contributed by atoms with Crippen LogP contribution in [0, 0.1) is 0 Å². The molecule has 17 heavy (non-hydrogen) atoms. The molecule has 2 heterocycles. The number of aromatic nitrogens is 4. The molecule has 0 saturated heterocycles. The molecule has 7 heteroatoms. The predicted octanol–water partition coefficient (Wildman–Crippen LogP) is 0.206. The second kappa shape index (κ2) is 5.55. The summed E-state index contributed by atoms with van der Waals surface area (Å²) in [4.78, 5) is 8.39. The molecule has 92 valence electrons. The van der Waals surface area contributed by atoms with Crippen LogP contribution in [0.2, 0.25) is 0 Å². The second-order valence-electron chi connectivity index (χ2n) is 3.54. The van der Waals surface area contributed by atoms with E-state index in [0.717, 1.165) is 6.54 Å². The molecule has 0 radical (unpaired) electrons. The summed E-state index contributed by atoms with van der Waals surface area (Å²) < 4.78 is 11.9. The first-order valence-electron chi connectivity index (χ1n) is 5.31. The van der Waals surface area contributed by atoms with Crippen molar-refractivity contribution < 1.29 is 9.26 Å². The number of hydrogen-bond donors (Lipinski definition) is 1. The number of nitrogens with one attached hydrogen (secondary N) is 1.